The van der Waals surface area contributed by atoms with Crippen LogP contribution in [-0.2, 0) is 6.54 Å². The number of methoxy groups -OCH3 is 2. The molecule has 0 saturated carbocycles. The van der Waals surface area contributed by atoms with Crippen LogP contribution in [-0.4, -0.2) is 14.2 Å². The largest absolute Gasteiger partial charge is 0.497 e. The zero-order chi connectivity index (χ0) is 15.2. The molecule has 2 rings (SSSR count). The minimum absolute atomic E-state index is 0.534. The lowest BCUT2D eigenvalue weighted by Crippen LogP contribution is -2.04. The second-order valence-corrected chi connectivity index (χ2v) is 4.45. The Morgan fingerprint density at radius 1 is 1.14 bits per heavy atom. The Hall–Kier alpha value is -2.87. The summed E-state index contributed by atoms with van der Waals surface area (Å²) in [4.78, 5) is 0. The third kappa shape index (κ3) is 3.37. The summed E-state index contributed by atoms with van der Waals surface area (Å²) in [6.45, 7) is 0.534. The maximum atomic E-state index is 8.93. The fourth-order valence-electron chi connectivity index (χ4n) is 1.97. The van der Waals surface area contributed by atoms with Crippen molar-refractivity contribution in [3.8, 4) is 17.6 Å². The van der Waals surface area contributed by atoms with Gasteiger partial charge in [-0.25, -0.2) is 0 Å². The Balaban J connectivity index is 2.18. The maximum Gasteiger partial charge on any atom is 0.127 e. The van der Waals surface area contributed by atoms with Gasteiger partial charge in [-0.2, -0.15) is 5.26 Å². The molecule has 5 heteroatoms. The molecule has 0 unspecified atom stereocenters. The summed E-state index contributed by atoms with van der Waals surface area (Å²) >= 11 is 0. The second kappa shape index (κ2) is 6.53. The van der Waals surface area contributed by atoms with E-state index in [0.717, 1.165) is 22.7 Å². The van der Waals surface area contributed by atoms with E-state index < -0.39 is 0 Å². The van der Waals surface area contributed by atoms with E-state index in [1.807, 2.05) is 18.2 Å². The third-order valence-corrected chi connectivity index (χ3v) is 3.15. The van der Waals surface area contributed by atoms with Crippen molar-refractivity contribution in [1.29, 1.82) is 5.26 Å². The van der Waals surface area contributed by atoms with Crippen LogP contribution < -0.4 is 20.5 Å². The average molecular weight is 283 g/mol. The minimum Gasteiger partial charge on any atom is -0.497 e. The number of nitrogens with zero attached hydrogens (tertiary/aromatic N) is 1. The van der Waals surface area contributed by atoms with Crippen LogP contribution in [0.3, 0.4) is 0 Å². The number of anilines is 2. The van der Waals surface area contributed by atoms with Crippen molar-refractivity contribution in [2.45, 2.75) is 6.54 Å². The molecule has 21 heavy (non-hydrogen) atoms. The molecule has 0 spiro atoms. The van der Waals surface area contributed by atoms with Crippen molar-refractivity contribution in [1.82, 2.24) is 0 Å². The van der Waals surface area contributed by atoms with E-state index in [-0.39, 0.29) is 0 Å². The molecule has 0 aliphatic rings. The highest BCUT2D eigenvalue weighted by Crippen LogP contribution is 2.26. The number of benzene rings is 2. The predicted octanol–water partition coefficient (Wildman–Crippen LogP) is 2.77. The Bertz CT molecular complexity index is 678. The zero-order valence-corrected chi connectivity index (χ0v) is 12.0. The summed E-state index contributed by atoms with van der Waals surface area (Å²) in [7, 11) is 3.23. The molecular weight excluding hydrogens is 266 g/mol. The van der Waals surface area contributed by atoms with Crippen LogP contribution in [0, 0.1) is 11.3 Å². The summed E-state index contributed by atoms with van der Waals surface area (Å²) in [5.74, 6) is 1.47. The highest BCUT2D eigenvalue weighted by molar-refractivity contribution is 5.68. The fraction of sp³-hybridized carbons (Fsp3) is 0.188. The topological polar surface area (TPSA) is 80.3 Å². The number of hydrogen-bond acceptors (Lipinski definition) is 5. The van der Waals surface area contributed by atoms with Crippen LogP contribution in [0.25, 0.3) is 0 Å². The number of nitrogens with one attached hydrogen (secondary N) is 1. The lowest BCUT2D eigenvalue weighted by Gasteiger charge is -2.13. The van der Waals surface area contributed by atoms with Gasteiger partial charge in [-0.15, -0.1) is 0 Å². The van der Waals surface area contributed by atoms with E-state index >= 15 is 0 Å². The monoisotopic (exact) mass is 283 g/mol. The van der Waals surface area contributed by atoms with Gasteiger partial charge in [0.05, 0.1) is 37.2 Å². The second-order valence-electron chi connectivity index (χ2n) is 4.45. The zero-order valence-electron chi connectivity index (χ0n) is 12.0. The maximum absolute atomic E-state index is 8.93. The van der Waals surface area contributed by atoms with E-state index in [0.29, 0.717) is 17.8 Å². The van der Waals surface area contributed by atoms with E-state index in [4.69, 9.17) is 20.5 Å². The number of rotatable bonds is 5. The van der Waals surface area contributed by atoms with Crippen molar-refractivity contribution in [2.75, 3.05) is 25.3 Å². The molecule has 0 radical (unpaired) electrons. The van der Waals surface area contributed by atoms with E-state index in [1.165, 1.54) is 0 Å². The van der Waals surface area contributed by atoms with Crippen molar-refractivity contribution in [3.63, 3.8) is 0 Å². The Kier molecular flexibility index (Phi) is 4.52. The normalized spacial score (nSPS) is 9.76. The summed E-state index contributed by atoms with van der Waals surface area (Å²) < 4.78 is 10.5. The van der Waals surface area contributed by atoms with Gasteiger partial charge in [-0.3, -0.25) is 0 Å². The van der Waals surface area contributed by atoms with Gasteiger partial charge in [-0.1, -0.05) is 0 Å². The molecule has 0 atom stereocenters. The van der Waals surface area contributed by atoms with Crippen LogP contribution in [0.2, 0.25) is 0 Å². The van der Waals surface area contributed by atoms with Crippen LogP contribution in [0.5, 0.6) is 11.5 Å². The Morgan fingerprint density at radius 3 is 2.62 bits per heavy atom. The molecule has 0 aliphatic heterocycles. The van der Waals surface area contributed by atoms with E-state index in [9.17, 15) is 0 Å². The lowest BCUT2D eigenvalue weighted by molar-refractivity contribution is 0.391. The van der Waals surface area contributed by atoms with Crippen LogP contribution >= 0.6 is 0 Å². The van der Waals surface area contributed by atoms with E-state index in [1.54, 1.807) is 32.4 Å². The van der Waals surface area contributed by atoms with Crippen molar-refractivity contribution < 1.29 is 9.47 Å². The van der Waals surface area contributed by atoms with Crippen molar-refractivity contribution in [2.24, 2.45) is 0 Å². The van der Waals surface area contributed by atoms with Gasteiger partial charge in [0.25, 0.3) is 0 Å². The summed E-state index contributed by atoms with van der Waals surface area (Å²) in [5.41, 5.74) is 8.76. The molecule has 2 aromatic rings. The van der Waals surface area contributed by atoms with Crippen LogP contribution in [0.4, 0.5) is 11.4 Å². The lowest BCUT2D eigenvalue weighted by atomic mass is 10.1. The molecule has 3 N–H and O–H groups in total. The highest BCUT2D eigenvalue weighted by Gasteiger charge is 2.06. The van der Waals surface area contributed by atoms with Gasteiger partial charge in [0.1, 0.15) is 11.5 Å². The molecule has 0 amide bonds. The molecule has 0 aliphatic carbocycles. The molecule has 0 heterocycles. The molecule has 108 valence electrons. The van der Waals surface area contributed by atoms with Crippen LogP contribution in [0.15, 0.2) is 36.4 Å². The standard InChI is InChI=1S/C16H17N3O2/c1-20-13-5-4-12(16(8-13)21-2)10-19-15-7-11(9-17)3-6-14(15)18/h3-8,19H,10,18H2,1-2H3. The van der Waals surface area contributed by atoms with Gasteiger partial charge >= 0.3 is 0 Å². The smallest absolute Gasteiger partial charge is 0.127 e. The third-order valence-electron chi connectivity index (χ3n) is 3.15. The number of nitrogens with two attached hydrogens (primary N) is 1. The fourth-order valence-corrected chi connectivity index (χ4v) is 1.97. The summed E-state index contributed by atoms with van der Waals surface area (Å²) in [6, 6.07) is 12.8. The highest BCUT2D eigenvalue weighted by atomic mass is 16.5. The van der Waals surface area contributed by atoms with Crippen LogP contribution in [0.1, 0.15) is 11.1 Å². The summed E-state index contributed by atoms with van der Waals surface area (Å²) in [5, 5.41) is 12.1. The molecular formula is C16H17N3O2. The Morgan fingerprint density at radius 2 is 1.95 bits per heavy atom. The first-order chi connectivity index (χ1) is 10.2. The quantitative estimate of drug-likeness (QED) is 0.825. The average Bonchev–Trinajstić information content (AvgIpc) is 2.54. The first-order valence-corrected chi connectivity index (χ1v) is 6.42. The predicted molar refractivity (Wildman–Crippen MR) is 82.4 cm³/mol. The number of hydrogen-bond donors (Lipinski definition) is 2. The van der Waals surface area contributed by atoms with E-state index in [2.05, 4.69) is 11.4 Å². The minimum atomic E-state index is 0.534. The number of nitrogen functional groups attached to an aromatic ring is 1. The first kappa shape index (κ1) is 14.5. The molecule has 0 aromatic heterocycles. The van der Waals surface area contributed by atoms with Crippen molar-refractivity contribution in [3.05, 3.63) is 47.5 Å². The van der Waals surface area contributed by atoms with Gasteiger partial charge in [0.15, 0.2) is 0 Å². The SMILES string of the molecule is COc1ccc(CNc2cc(C#N)ccc2N)c(OC)c1. The van der Waals surface area contributed by atoms with Crippen molar-refractivity contribution >= 4 is 11.4 Å². The van der Waals surface area contributed by atoms with Gasteiger partial charge in [-0.05, 0) is 30.3 Å². The number of nitriles is 1. The number of ether oxygens (including phenoxy) is 2. The van der Waals surface area contributed by atoms with Gasteiger partial charge < -0.3 is 20.5 Å². The molecule has 0 bridgehead atoms. The van der Waals surface area contributed by atoms with Gasteiger partial charge in [0.2, 0.25) is 0 Å². The molecule has 2 aromatic carbocycles. The van der Waals surface area contributed by atoms with Gasteiger partial charge in [0, 0.05) is 18.2 Å². The molecule has 0 fully saturated rings. The molecule has 0 saturated heterocycles. The molecule has 5 nitrogen and oxygen atoms in total. The summed E-state index contributed by atoms with van der Waals surface area (Å²) in [6.07, 6.45) is 0. The Labute approximate surface area is 123 Å². The first-order valence-electron chi connectivity index (χ1n) is 6.42.